The molecule has 2 aromatic carbocycles. The predicted molar refractivity (Wildman–Crippen MR) is 66.5 cm³/mol. The van der Waals surface area contributed by atoms with E-state index in [4.69, 9.17) is 0 Å². The molecule has 1 unspecified atom stereocenters. The Kier molecular flexibility index (Phi) is 2.22. The molecule has 0 fully saturated rings. The average molecular weight is 226 g/mol. The molecule has 3 rings (SSSR count). The van der Waals surface area contributed by atoms with Crippen LogP contribution < -0.4 is 0 Å². The van der Waals surface area contributed by atoms with E-state index in [1.54, 1.807) is 0 Å². The molecule has 0 N–H and O–H groups in total. The Bertz CT molecular complexity index is 585. The first-order chi connectivity index (χ1) is 7.86. The van der Waals surface area contributed by atoms with Crippen LogP contribution in [0.2, 0.25) is 0 Å². The largest absolute Gasteiger partial charge is 0.249 e. The van der Waals surface area contributed by atoms with Gasteiger partial charge in [0.15, 0.2) is 0 Å². The molecule has 16 heavy (non-hydrogen) atoms. The molecule has 0 bridgehead atoms. The molecule has 0 saturated carbocycles. The Balaban J connectivity index is 1.92. The second-order valence-electron chi connectivity index (χ2n) is 3.69. The van der Waals surface area contributed by atoms with Crippen LogP contribution in [0.25, 0.3) is 12.2 Å². The second-order valence-corrected chi connectivity index (χ2v) is 5.07. The van der Waals surface area contributed by atoms with Crippen molar-refractivity contribution in [3.05, 3.63) is 59.7 Å². The molecule has 0 radical (unpaired) electrons. The summed E-state index contributed by atoms with van der Waals surface area (Å²) < 4.78 is 11.5. The molecule has 1 heterocycles. The molecule has 78 valence electrons. The molecule has 1 aliphatic heterocycles. The van der Waals surface area contributed by atoms with Crippen molar-refractivity contribution in [2.75, 3.05) is 0 Å². The van der Waals surface area contributed by atoms with E-state index in [0.717, 1.165) is 20.9 Å². The SMILES string of the molecule is O=S1c2cccc(/C=C/c3ccccc3)c21. The zero-order valence-corrected chi connectivity index (χ0v) is 9.41. The summed E-state index contributed by atoms with van der Waals surface area (Å²) in [4.78, 5) is 1.98. The van der Waals surface area contributed by atoms with Gasteiger partial charge in [-0.3, -0.25) is 0 Å². The summed E-state index contributed by atoms with van der Waals surface area (Å²) in [6, 6.07) is 16.0. The molecule has 0 amide bonds. The van der Waals surface area contributed by atoms with E-state index in [0.29, 0.717) is 0 Å². The Morgan fingerprint density at radius 2 is 1.69 bits per heavy atom. The van der Waals surface area contributed by atoms with Crippen LogP contribution in [0.5, 0.6) is 0 Å². The van der Waals surface area contributed by atoms with Crippen molar-refractivity contribution in [2.45, 2.75) is 9.79 Å². The smallest absolute Gasteiger partial charge is 0.0880 e. The molecule has 1 atom stereocenters. The highest BCUT2D eigenvalue weighted by atomic mass is 32.2. The molecular weight excluding hydrogens is 216 g/mol. The minimum Gasteiger partial charge on any atom is -0.249 e. The van der Waals surface area contributed by atoms with Gasteiger partial charge in [0.25, 0.3) is 0 Å². The van der Waals surface area contributed by atoms with Crippen LogP contribution in [0.15, 0.2) is 58.3 Å². The van der Waals surface area contributed by atoms with Gasteiger partial charge in [-0.15, -0.1) is 0 Å². The van der Waals surface area contributed by atoms with Gasteiger partial charge in [0.2, 0.25) is 0 Å². The minimum absolute atomic E-state index is 0.835. The lowest BCUT2D eigenvalue weighted by Crippen LogP contribution is -1.71. The summed E-state index contributed by atoms with van der Waals surface area (Å²) in [7, 11) is -0.835. The molecule has 0 aromatic heterocycles. The van der Waals surface area contributed by atoms with Gasteiger partial charge in [0.05, 0.1) is 20.6 Å². The predicted octanol–water partition coefficient (Wildman–Crippen LogP) is 3.34. The van der Waals surface area contributed by atoms with E-state index in [-0.39, 0.29) is 0 Å². The second kappa shape index (κ2) is 3.72. The molecule has 2 aromatic rings. The summed E-state index contributed by atoms with van der Waals surface area (Å²) in [5.41, 5.74) is 2.23. The lowest BCUT2D eigenvalue weighted by molar-refractivity contribution is 0.692. The monoisotopic (exact) mass is 226 g/mol. The van der Waals surface area contributed by atoms with E-state index in [2.05, 4.69) is 12.1 Å². The Morgan fingerprint density at radius 3 is 2.50 bits per heavy atom. The lowest BCUT2D eigenvalue weighted by Gasteiger charge is -1.91. The summed E-state index contributed by atoms with van der Waals surface area (Å²) in [5.74, 6) is 0. The zero-order valence-electron chi connectivity index (χ0n) is 8.59. The maximum Gasteiger partial charge on any atom is 0.0880 e. The van der Waals surface area contributed by atoms with Crippen LogP contribution in [0.4, 0.5) is 0 Å². The molecule has 1 nitrogen and oxygen atoms in total. The van der Waals surface area contributed by atoms with Crippen molar-refractivity contribution < 1.29 is 4.21 Å². The fraction of sp³-hybridized carbons (Fsp3) is 0. The summed E-state index contributed by atoms with van der Waals surface area (Å²) in [6.45, 7) is 0. The fourth-order valence-corrected chi connectivity index (χ4v) is 2.86. The standard InChI is InChI=1S/C14H10OS/c15-16-13-8-4-7-12(14(13)16)10-9-11-5-2-1-3-6-11/h1-10H/b10-9+. The number of fused-ring (bicyclic) bond motifs is 1. The first-order valence-corrected chi connectivity index (χ1v) is 6.29. The quantitative estimate of drug-likeness (QED) is 0.484. The van der Waals surface area contributed by atoms with Gasteiger partial charge in [-0.1, -0.05) is 54.6 Å². The van der Waals surface area contributed by atoms with Crippen LogP contribution in [0.1, 0.15) is 11.1 Å². The van der Waals surface area contributed by atoms with Crippen LogP contribution in [-0.2, 0) is 10.8 Å². The van der Waals surface area contributed by atoms with Crippen molar-refractivity contribution in [1.82, 2.24) is 0 Å². The first-order valence-electron chi connectivity index (χ1n) is 5.14. The number of hydrogen-bond acceptors (Lipinski definition) is 1. The highest BCUT2D eigenvalue weighted by Crippen LogP contribution is 2.39. The Morgan fingerprint density at radius 1 is 0.875 bits per heavy atom. The van der Waals surface area contributed by atoms with E-state index < -0.39 is 10.8 Å². The Hall–Kier alpha value is -1.67. The fourth-order valence-electron chi connectivity index (χ4n) is 1.73. The number of hydrogen-bond donors (Lipinski definition) is 0. The molecule has 0 spiro atoms. The van der Waals surface area contributed by atoms with Crippen LogP contribution in [0.3, 0.4) is 0 Å². The third kappa shape index (κ3) is 1.61. The van der Waals surface area contributed by atoms with Crippen molar-refractivity contribution in [1.29, 1.82) is 0 Å². The van der Waals surface area contributed by atoms with Crippen LogP contribution >= 0.6 is 0 Å². The molecule has 1 aliphatic rings. The summed E-state index contributed by atoms with van der Waals surface area (Å²) >= 11 is 0. The average Bonchev–Trinajstić information content (AvgIpc) is 3.00. The summed E-state index contributed by atoms with van der Waals surface area (Å²) in [5, 5.41) is 0. The molecule has 0 aliphatic carbocycles. The van der Waals surface area contributed by atoms with Gasteiger partial charge >= 0.3 is 0 Å². The van der Waals surface area contributed by atoms with E-state index in [1.165, 1.54) is 0 Å². The maximum atomic E-state index is 11.5. The molecule has 0 saturated heterocycles. The van der Waals surface area contributed by atoms with Crippen molar-refractivity contribution in [2.24, 2.45) is 0 Å². The third-order valence-electron chi connectivity index (χ3n) is 2.61. The Labute approximate surface area is 96.9 Å². The van der Waals surface area contributed by atoms with Gasteiger partial charge in [-0.25, -0.2) is 4.21 Å². The molecule has 2 heteroatoms. The first kappa shape index (κ1) is 9.55. The van der Waals surface area contributed by atoms with E-state index >= 15 is 0 Å². The van der Waals surface area contributed by atoms with E-state index in [9.17, 15) is 4.21 Å². The summed E-state index contributed by atoms with van der Waals surface area (Å²) in [6.07, 6.45) is 4.07. The van der Waals surface area contributed by atoms with Gasteiger partial charge in [0, 0.05) is 0 Å². The normalized spacial score (nSPS) is 17.4. The van der Waals surface area contributed by atoms with Crippen LogP contribution in [0, 0.1) is 0 Å². The maximum absolute atomic E-state index is 11.5. The minimum atomic E-state index is -0.835. The zero-order chi connectivity index (χ0) is 11.0. The lowest BCUT2D eigenvalue weighted by atomic mass is 10.1. The van der Waals surface area contributed by atoms with Crippen molar-refractivity contribution >= 4 is 23.0 Å². The number of rotatable bonds is 2. The van der Waals surface area contributed by atoms with E-state index in [1.807, 2.05) is 48.6 Å². The highest BCUT2D eigenvalue weighted by molar-refractivity contribution is 7.91. The molecular formula is C14H10OS. The third-order valence-corrected chi connectivity index (χ3v) is 3.97. The van der Waals surface area contributed by atoms with Crippen molar-refractivity contribution in [3.8, 4) is 0 Å². The van der Waals surface area contributed by atoms with Gasteiger partial charge in [-0.05, 0) is 17.2 Å². The topological polar surface area (TPSA) is 17.1 Å². The highest BCUT2D eigenvalue weighted by Gasteiger charge is 2.30. The van der Waals surface area contributed by atoms with Crippen molar-refractivity contribution in [3.63, 3.8) is 0 Å². The van der Waals surface area contributed by atoms with Gasteiger partial charge in [-0.2, -0.15) is 0 Å². The van der Waals surface area contributed by atoms with Gasteiger partial charge < -0.3 is 0 Å². The van der Waals surface area contributed by atoms with Gasteiger partial charge in [0.1, 0.15) is 0 Å². The number of benzene rings is 2. The van der Waals surface area contributed by atoms with Crippen LogP contribution in [-0.4, -0.2) is 4.21 Å².